The van der Waals surface area contributed by atoms with Gasteiger partial charge in [0.1, 0.15) is 11.5 Å². The van der Waals surface area contributed by atoms with Crippen LogP contribution >= 0.6 is 0 Å². The van der Waals surface area contributed by atoms with Crippen LogP contribution < -0.4 is 4.74 Å². The Morgan fingerprint density at radius 3 is 2.15 bits per heavy atom. The van der Waals surface area contributed by atoms with Crippen LogP contribution in [0.15, 0.2) is 42.5 Å². The molecule has 0 fully saturated rings. The SMILES string of the molecule is Cc1ccc([C@@]2(C)COc3cc(O)ccc3[C@H]2CCCCCCCCCS(=O)CCCC(F)(F)C(F)(F)F)cc1. The smallest absolute Gasteiger partial charge is 0.453 e. The molecule has 0 amide bonds. The minimum Gasteiger partial charge on any atom is -0.508 e. The second kappa shape index (κ2) is 14.1. The fourth-order valence-corrected chi connectivity index (χ4v) is 6.69. The minimum absolute atomic E-state index is 0.123. The van der Waals surface area contributed by atoms with E-state index in [0.717, 1.165) is 56.3 Å². The van der Waals surface area contributed by atoms with Crippen molar-refractivity contribution in [2.75, 3.05) is 18.1 Å². The molecule has 224 valence electrons. The van der Waals surface area contributed by atoms with Crippen LogP contribution in [0.25, 0.3) is 0 Å². The van der Waals surface area contributed by atoms with Crippen molar-refractivity contribution in [2.45, 2.75) is 101 Å². The molecule has 1 unspecified atom stereocenters. The van der Waals surface area contributed by atoms with Gasteiger partial charge in [-0.3, -0.25) is 4.21 Å². The molecule has 1 aliphatic rings. The van der Waals surface area contributed by atoms with Gasteiger partial charge in [-0.05, 0) is 43.4 Å². The van der Waals surface area contributed by atoms with E-state index in [1.807, 2.05) is 6.07 Å². The van der Waals surface area contributed by atoms with Gasteiger partial charge >= 0.3 is 12.1 Å². The maximum Gasteiger partial charge on any atom is 0.453 e. The summed E-state index contributed by atoms with van der Waals surface area (Å²) in [6.45, 7) is 4.87. The van der Waals surface area contributed by atoms with E-state index < -0.39 is 35.7 Å². The molecule has 0 aromatic heterocycles. The molecule has 3 rings (SSSR count). The maximum atomic E-state index is 12.9. The zero-order valence-electron chi connectivity index (χ0n) is 23.4. The molecule has 2 aromatic rings. The third kappa shape index (κ3) is 8.67. The number of phenolic OH excluding ortho intramolecular Hbond substituents is 1. The van der Waals surface area contributed by atoms with Gasteiger partial charge in [-0.2, -0.15) is 22.0 Å². The highest BCUT2D eigenvalue weighted by Gasteiger charge is 2.56. The van der Waals surface area contributed by atoms with Crippen LogP contribution in [0.3, 0.4) is 0 Å². The van der Waals surface area contributed by atoms with Crippen LogP contribution in [-0.4, -0.2) is 39.5 Å². The number of benzene rings is 2. The molecule has 3 nitrogen and oxygen atoms in total. The van der Waals surface area contributed by atoms with Crippen LogP contribution in [0.5, 0.6) is 11.5 Å². The molecule has 0 saturated heterocycles. The van der Waals surface area contributed by atoms with Crippen molar-refractivity contribution in [1.29, 1.82) is 0 Å². The number of hydrogen-bond donors (Lipinski definition) is 1. The van der Waals surface area contributed by atoms with Gasteiger partial charge < -0.3 is 9.84 Å². The molecular weight excluding hydrogens is 547 g/mol. The summed E-state index contributed by atoms with van der Waals surface area (Å²) in [4.78, 5) is 0. The van der Waals surface area contributed by atoms with E-state index in [1.54, 1.807) is 12.1 Å². The molecule has 1 N–H and O–H groups in total. The quantitative estimate of drug-likeness (QED) is 0.167. The van der Waals surface area contributed by atoms with Crippen molar-refractivity contribution in [3.8, 4) is 11.5 Å². The van der Waals surface area contributed by atoms with Crippen LogP contribution in [0.4, 0.5) is 22.0 Å². The normalized spacial score (nSPS) is 20.1. The minimum atomic E-state index is -5.55. The molecule has 1 aliphatic heterocycles. The van der Waals surface area contributed by atoms with E-state index in [4.69, 9.17) is 4.74 Å². The van der Waals surface area contributed by atoms with Gasteiger partial charge in [0.15, 0.2) is 0 Å². The van der Waals surface area contributed by atoms with Crippen molar-refractivity contribution < 1.29 is 36.0 Å². The second-order valence-electron chi connectivity index (χ2n) is 11.3. The van der Waals surface area contributed by atoms with Crippen molar-refractivity contribution in [3.63, 3.8) is 0 Å². The topological polar surface area (TPSA) is 46.5 Å². The van der Waals surface area contributed by atoms with E-state index in [2.05, 4.69) is 38.1 Å². The van der Waals surface area contributed by atoms with E-state index in [0.29, 0.717) is 18.8 Å². The van der Waals surface area contributed by atoms with Crippen molar-refractivity contribution >= 4 is 10.8 Å². The summed E-state index contributed by atoms with van der Waals surface area (Å²) < 4.78 is 80.5. The van der Waals surface area contributed by atoms with Gasteiger partial charge in [-0.15, -0.1) is 0 Å². The average molecular weight is 589 g/mol. The van der Waals surface area contributed by atoms with Crippen LogP contribution in [-0.2, 0) is 16.2 Å². The average Bonchev–Trinajstić information content (AvgIpc) is 2.88. The lowest BCUT2D eigenvalue weighted by Gasteiger charge is -2.43. The number of rotatable bonds is 15. The Bertz CT molecular complexity index is 1100. The lowest BCUT2D eigenvalue weighted by molar-refractivity contribution is -0.284. The maximum absolute atomic E-state index is 12.9. The first kappa shape index (κ1) is 32.4. The number of aromatic hydroxyl groups is 1. The Morgan fingerprint density at radius 2 is 1.50 bits per heavy atom. The third-order valence-corrected chi connectivity index (χ3v) is 9.51. The van der Waals surface area contributed by atoms with Crippen LogP contribution in [0, 0.1) is 6.92 Å². The first-order chi connectivity index (χ1) is 18.8. The Balaban J connectivity index is 1.38. The van der Waals surface area contributed by atoms with Crippen molar-refractivity contribution in [3.05, 3.63) is 59.2 Å². The lowest BCUT2D eigenvalue weighted by atomic mass is 9.66. The molecule has 1 heterocycles. The molecule has 0 bridgehead atoms. The summed E-state index contributed by atoms with van der Waals surface area (Å²) in [5, 5.41) is 9.95. The number of alkyl halides is 5. The molecule has 0 aliphatic carbocycles. The summed E-state index contributed by atoms with van der Waals surface area (Å²) >= 11 is 0. The molecule has 0 spiro atoms. The molecule has 0 radical (unpaired) electrons. The standard InChI is InChI=1S/C31H41F5O3S/c1-23-12-14-24(15-13-23)29(2)22-39-28-21-25(37)16-17-26(28)27(29)11-8-6-4-3-5-7-9-19-40(38)20-10-18-30(32,33)31(34,35)36/h12-17,21,27,37H,3-11,18-20,22H2,1-2H3/t27-,29-,40?/m1/s1. The van der Waals surface area contributed by atoms with Crippen molar-refractivity contribution in [1.82, 2.24) is 0 Å². The van der Waals surface area contributed by atoms with Gasteiger partial charge in [0, 0.05) is 46.1 Å². The number of unbranched alkanes of at least 4 members (excludes halogenated alkanes) is 6. The van der Waals surface area contributed by atoms with E-state index >= 15 is 0 Å². The highest BCUT2D eigenvalue weighted by atomic mass is 32.2. The zero-order valence-corrected chi connectivity index (χ0v) is 24.2. The predicted octanol–water partition coefficient (Wildman–Crippen LogP) is 8.98. The van der Waals surface area contributed by atoms with E-state index in [9.17, 15) is 31.3 Å². The number of ether oxygens (including phenoxy) is 1. The van der Waals surface area contributed by atoms with Gasteiger partial charge in [0.05, 0.1) is 6.61 Å². The van der Waals surface area contributed by atoms with Gasteiger partial charge in [0.25, 0.3) is 0 Å². The highest BCUT2D eigenvalue weighted by molar-refractivity contribution is 7.84. The van der Waals surface area contributed by atoms with Crippen LogP contribution in [0.2, 0.25) is 0 Å². The summed E-state index contributed by atoms with van der Waals surface area (Å²) in [6, 6.07) is 14.0. The number of halogens is 5. The Morgan fingerprint density at radius 1 is 0.900 bits per heavy atom. The van der Waals surface area contributed by atoms with Crippen molar-refractivity contribution in [2.24, 2.45) is 0 Å². The monoisotopic (exact) mass is 588 g/mol. The summed E-state index contributed by atoms with van der Waals surface area (Å²) in [6.07, 6.45) is 0.509. The zero-order chi connectivity index (χ0) is 29.4. The fourth-order valence-electron chi connectivity index (χ4n) is 5.49. The predicted molar refractivity (Wildman–Crippen MR) is 150 cm³/mol. The first-order valence-corrected chi connectivity index (χ1v) is 15.6. The van der Waals surface area contributed by atoms with E-state index in [1.165, 1.54) is 11.1 Å². The highest BCUT2D eigenvalue weighted by Crippen LogP contribution is 2.49. The first-order valence-electron chi connectivity index (χ1n) is 14.2. The van der Waals surface area contributed by atoms with E-state index in [-0.39, 0.29) is 22.8 Å². The molecular formula is C31H41F5O3S. The number of aryl methyl sites for hydroxylation is 1. The molecule has 3 atom stereocenters. The lowest BCUT2D eigenvalue weighted by Crippen LogP contribution is -2.40. The number of phenols is 1. The fraction of sp³-hybridized carbons (Fsp3) is 0.613. The Labute approximate surface area is 237 Å². The number of fused-ring (bicyclic) bond motifs is 1. The van der Waals surface area contributed by atoms with Gasteiger partial charge in [-0.1, -0.05) is 81.3 Å². The molecule has 40 heavy (non-hydrogen) atoms. The second-order valence-corrected chi connectivity index (χ2v) is 13.0. The Kier molecular flexibility index (Phi) is 11.4. The molecule has 9 heteroatoms. The van der Waals surface area contributed by atoms with Gasteiger partial charge in [-0.25, -0.2) is 0 Å². The third-order valence-electron chi connectivity index (χ3n) is 8.02. The Hall–Kier alpha value is -2.16. The summed E-state index contributed by atoms with van der Waals surface area (Å²) in [5.74, 6) is -3.29. The van der Waals surface area contributed by atoms with Crippen LogP contribution in [0.1, 0.15) is 93.7 Å². The number of hydrogen-bond acceptors (Lipinski definition) is 3. The van der Waals surface area contributed by atoms with Gasteiger partial charge in [0.2, 0.25) is 0 Å². The molecule has 0 saturated carbocycles. The largest absolute Gasteiger partial charge is 0.508 e. The summed E-state index contributed by atoms with van der Waals surface area (Å²) in [5.41, 5.74) is 3.40. The molecule has 2 aromatic carbocycles. The summed E-state index contributed by atoms with van der Waals surface area (Å²) in [7, 11) is -1.37.